The maximum Gasteiger partial charge on any atom is 0.472 e. The van der Waals surface area contributed by atoms with Crippen LogP contribution < -0.4 is 5.73 Å². The molecule has 1 unspecified atom stereocenters. The predicted molar refractivity (Wildman–Crippen MR) is 203 cm³/mol. The van der Waals surface area contributed by atoms with Crippen LogP contribution in [0.15, 0.2) is 0 Å². The molecule has 0 radical (unpaired) electrons. The lowest BCUT2D eigenvalue weighted by molar-refractivity contribution is -0.161. The number of aliphatic carboxylic acids is 1. The van der Waals surface area contributed by atoms with E-state index >= 15 is 0 Å². The van der Waals surface area contributed by atoms with Crippen LogP contribution in [0.3, 0.4) is 0 Å². The van der Waals surface area contributed by atoms with Gasteiger partial charge in [0.25, 0.3) is 0 Å². The number of carbonyl (C=O) groups is 3. The number of nitrogens with two attached hydrogens (primary N) is 1. The third kappa shape index (κ3) is 35.3. The highest BCUT2D eigenvalue weighted by molar-refractivity contribution is 7.47. The number of carboxylic acid groups (broad SMARTS) is 1. The van der Waals surface area contributed by atoms with Crippen LogP contribution in [-0.4, -0.2) is 59.9 Å². The van der Waals surface area contributed by atoms with Crippen LogP contribution in [0.5, 0.6) is 0 Å². The van der Waals surface area contributed by atoms with Gasteiger partial charge in [0.05, 0.1) is 13.2 Å². The van der Waals surface area contributed by atoms with Gasteiger partial charge < -0.3 is 25.2 Å². The van der Waals surface area contributed by atoms with Gasteiger partial charge in [-0.2, -0.15) is 0 Å². The Balaban J connectivity index is 4.25. The summed E-state index contributed by atoms with van der Waals surface area (Å²) in [5.41, 5.74) is 5.31. The van der Waals surface area contributed by atoms with Crippen LogP contribution in [0.1, 0.15) is 200 Å². The second-order valence-corrected chi connectivity index (χ2v) is 15.6. The lowest BCUT2D eigenvalue weighted by Crippen LogP contribution is -2.34. The number of rotatable bonds is 39. The largest absolute Gasteiger partial charge is 0.480 e. The predicted octanol–water partition coefficient (Wildman–Crippen LogP) is 10.3. The van der Waals surface area contributed by atoms with Crippen LogP contribution in [-0.2, 0) is 37.5 Å². The Labute approximate surface area is 310 Å². The maximum absolute atomic E-state index is 12.5. The molecule has 11 nitrogen and oxygen atoms in total. The molecule has 0 heterocycles. The Bertz CT molecular complexity index is 890. The van der Waals surface area contributed by atoms with Gasteiger partial charge in [0, 0.05) is 12.8 Å². The molecular formula is C39H76NO10P. The van der Waals surface area contributed by atoms with E-state index in [4.69, 9.17) is 24.8 Å². The Morgan fingerprint density at radius 3 is 1.24 bits per heavy atom. The number of ether oxygens (including phenoxy) is 2. The van der Waals surface area contributed by atoms with E-state index in [0.29, 0.717) is 12.8 Å². The molecule has 0 saturated heterocycles. The molecule has 0 aliphatic rings. The number of carbonyl (C=O) groups excluding carboxylic acids is 2. The van der Waals surface area contributed by atoms with Gasteiger partial charge in [0.2, 0.25) is 0 Å². The quantitative estimate of drug-likeness (QED) is 0.0310. The van der Waals surface area contributed by atoms with E-state index in [1.807, 2.05) is 0 Å². The van der Waals surface area contributed by atoms with E-state index < -0.39 is 51.1 Å². The van der Waals surface area contributed by atoms with E-state index in [1.54, 1.807) is 0 Å². The van der Waals surface area contributed by atoms with Crippen LogP contribution in [0.2, 0.25) is 0 Å². The zero-order valence-corrected chi connectivity index (χ0v) is 33.4. The third-order valence-electron chi connectivity index (χ3n) is 9.11. The van der Waals surface area contributed by atoms with Gasteiger partial charge in [-0.1, -0.05) is 174 Å². The minimum atomic E-state index is -4.70. The molecule has 0 fully saturated rings. The van der Waals surface area contributed by atoms with Crippen molar-refractivity contribution < 1.29 is 47.5 Å². The van der Waals surface area contributed by atoms with Crippen molar-refractivity contribution in [1.82, 2.24) is 0 Å². The average Bonchev–Trinajstić information content (AvgIpc) is 3.10. The lowest BCUT2D eigenvalue weighted by atomic mass is 10.0. The van der Waals surface area contributed by atoms with Crippen LogP contribution in [0.25, 0.3) is 0 Å². The second kappa shape index (κ2) is 35.5. The zero-order chi connectivity index (χ0) is 37.8. The molecule has 0 saturated carbocycles. The first-order valence-electron chi connectivity index (χ1n) is 20.6. The van der Waals surface area contributed by atoms with Crippen LogP contribution >= 0.6 is 7.82 Å². The molecular weight excluding hydrogens is 673 g/mol. The third-order valence-corrected chi connectivity index (χ3v) is 10.1. The number of hydrogen-bond donors (Lipinski definition) is 3. The first-order chi connectivity index (χ1) is 24.6. The summed E-state index contributed by atoms with van der Waals surface area (Å²) in [4.78, 5) is 45.7. The van der Waals surface area contributed by atoms with Crippen molar-refractivity contribution in [2.24, 2.45) is 5.73 Å². The lowest BCUT2D eigenvalue weighted by Gasteiger charge is -2.20. The summed E-state index contributed by atoms with van der Waals surface area (Å²) in [5.74, 6) is -2.37. The molecule has 51 heavy (non-hydrogen) atoms. The van der Waals surface area contributed by atoms with E-state index in [-0.39, 0.29) is 19.4 Å². The van der Waals surface area contributed by atoms with E-state index in [1.165, 1.54) is 122 Å². The van der Waals surface area contributed by atoms with Crippen molar-refractivity contribution in [3.63, 3.8) is 0 Å². The summed E-state index contributed by atoms with van der Waals surface area (Å²) < 4.78 is 32.6. The Hall–Kier alpha value is -1.52. The highest BCUT2D eigenvalue weighted by atomic mass is 31.2. The van der Waals surface area contributed by atoms with Crippen molar-refractivity contribution in [2.45, 2.75) is 212 Å². The normalized spacial score (nSPS) is 13.8. The maximum atomic E-state index is 12.5. The van der Waals surface area contributed by atoms with Crippen LogP contribution in [0, 0.1) is 0 Å². The fourth-order valence-electron chi connectivity index (χ4n) is 5.83. The minimum Gasteiger partial charge on any atom is -0.480 e. The number of phosphoric ester groups is 1. The fraction of sp³-hybridized carbons (Fsp3) is 0.923. The molecule has 0 aromatic rings. The summed E-state index contributed by atoms with van der Waals surface area (Å²) in [5, 5.41) is 8.85. The van der Waals surface area contributed by atoms with Gasteiger partial charge in [-0.3, -0.25) is 23.4 Å². The number of hydrogen-bond acceptors (Lipinski definition) is 9. The van der Waals surface area contributed by atoms with E-state index in [2.05, 4.69) is 18.4 Å². The summed E-state index contributed by atoms with van der Waals surface area (Å²) in [7, 11) is -4.70. The van der Waals surface area contributed by atoms with Gasteiger partial charge >= 0.3 is 25.7 Å². The molecule has 0 amide bonds. The van der Waals surface area contributed by atoms with E-state index in [9.17, 15) is 23.8 Å². The molecule has 0 rings (SSSR count). The molecule has 0 aliphatic carbocycles. The summed E-state index contributed by atoms with van der Waals surface area (Å²) >= 11 is 0. The molecule has 4 N–H and O–H groups in total. The summed E-state index contributed by atoms with van der Waals surface area (Å²) in [6, 6.07) is -1.51. The van der Waals surface area contributed by atoms with Crippen molar-refractivity contribution in [3.8, 4) is 0 Å². The van der Waals surface area contributed by atoms with Crippen molar-refractivity contribution >= 4 is 25.7 Å². The summed E-state index contributed by atoms with van der Waals surface area (Å²) in [6.45, 7) is 2.79. The summed E-state index contributed by atoms with van der Waals surface area (Å²) in [6.07, 6.45) is 31.8. The standard InChI is InChI=1S/C39H76NO10P/c1-3-5-7-9-11-13-14-15-16-17-18-19-20-21-23-24-26-28-30-37(41)47-32-35(33-48-51(45,46)49-34-36(40)39(43)44)50-38(42)31-29-27-25-22-12-10-8-6-4-2/h35-36H,3-34,40H2,1-2H3,(H,43,44)(H,45,46)/t35-,36+/m1/s1. The number of carboxylic acids is 1. The first kappa shape index (κ1) is 49.5. The SMILES string of the molecule is CCCCCCCCCCCCCCCCCCCCC(=O)OC[C@H](COP(=O)(O)OC[C@H](N)C(=O)O)OC(=O)CCCCCCCCCCC. The monoisotopic (exact) mass is 750 g/mol. The topological polar surface area (TPSA) is 172 Å². The molecule has 302 valence electrons. The minimum absolute atomic E-state index is 0.167. The number of unbranched alkanes of at least 4 members (excludes halogenated alkanes) is 25. The molecule has 3 atom stereocenters. The van der Waals surface area contributed by atoms with Crippen molar-refractivity contribution in [3.05, 3.63) is 0 Å². The average molecular weight is 750 g/mol. The Morgan fingerprint density at radius 2 is 0.863 bits per heavy atom. The molecule has 12 heteroatoms. The molecule has 0 spiro atoms. The highest BCUT2D eigenvalue weighted by Gasteiger charge is 2.28. The highest BCUT2D eigenvalue weighted by Crippen LogP contribution is 2.43. The van der Waals surface area contributed by atoms with Crippen molar-refractivity contribution in [1.29, 1.82) is 0 Å². The van der Waals surface area contributed by atoms with Gasteiger partial charge in [0.1, 0.15) is 12.6 Å². The number of phosphoric acid groups is 1. The van der Waals surface area contributed by atoms with Crippen LogP contribution in [0.4, 0.5) is 0 Å². The Kier molecular flexibility index (Phi) is 34.4. The molecule has 0 bridgehead atoms. The molecule has 0 aromatic heterocycles. The smallest absolute Gasteiger partial charge is 0.472 e. The fourth-order valence-corrected chi connectivity index (χ4v) is 6.61. The molecule has 0 aliphatic heterocycles. The number of esters is 2. The van der Waals surface area contributed by atoms with Gasteiger partial charge in [-0.15, -0.1) is 0 Å². The van der Waals surface area contributed by atoms with E-state index in [0.717, 1.165) is 38.5 Å². The van der Waals surface area contributed by atoms with Crippen molar-refractivity contribution in [2.75, 3.05) is 19.8 Å². The first-order valence-corrected chi connectivity index (χ1v) is 22.1. The Morgan fingerprint density at radius 1 is 0.529 bits per heavy atom. The van der Waals surface area contributed by atoms with Gasteiger partial charge in [-0.05, 0) is 12.8 Å². The van der Waals surface area contributed by atoms with Gasteiger partial charge in [0.15, 0.2) is 6.10 Å². The molecule has 0 aromatic carbocycles. The van der Waals surface area contributed by atoms with Gasteiger partial charge in [-0.25, -0.2) is 4.57 Å². The second-order valence-electron chi connectivity index (χ2n) is 14.1. The zero-order valence-electron chi connectivity index (χ0n) is 32.5.